The van der Waals surface area contributed by atoms with Gasteiger partial charge in [0.2, 0.25) is 0 Å². The van der Waals surface area contributed by atoms with Crippen molar-refractivity contribution in [2.45, 2.75) is 69.3 Å². The third-order valence-electron chi connectivity index (χ3n) is 3.82. The van der Waals surface area contributed by atoms with Gasteiger partial charge in [-0.1, -0.05) is 52.2 Å². The number of hydrogen-bond donors (Lipinski definition) is 0. The first-order valence-electron chi connectivity index (χ1n) is 7.33. The van der Waals surface area contributed by atoms with Gasteiger partial charge in [-0.2, -0.15) is 8.42 Å². The SMILES string of the molecule is CC(C)(C)c1ccc(S(=O)(=O)OC2CCCCC2)cc1. The molecular weight excluding hydrogens is 272 g/mol. The molecule has 1 aromatic rings. The van der Waals surface area contributed by atoms with Crippen LogP contribution in [-0.4, -0.2) is 14.5 Å². The largest absolute Gasteiger partial charge is 0.297 e. The van der Waals surface area contributed by atoms with Gasteiger partial charge < -0.3 is 0 Å². The summed E-state index contributed by atoms with van der Waals surface area (Å²) in [5.74, 6) is 0. The lowest BCUT2D eigenvalue weighted by atomic mass is 9.87. The molecule has 0 radical (unpaired) electrons. The van der Waals surface area contributed by atoms with Crippen LogP contribution in [-0.2, 0) is 19.7 Å². The van der Waals surface area contributed by atoms with Gasteiger partial charge >= 0.3 is 0 Å². The van der Waals surface area contributed by atoms with E-state index in [-0.39, 0.29) is 16.4 Å². The quantitative estimate of drug-likeness (QED) is 0.791. The molecule has 1 fully saturated rings. The van der Waals surface area contributed by atoms with Gasteiger partial charge in [0.25, 0.3) is 10.1 Å². The van der Waals surface area contributed by atoms with E-state index in [1.54, 1.807) is 12.1 Å². The fraction of sp³-hybridized carbons (Fsp3) is 0.625. The Morgan fingerprint density at radius 2 is 1.55 bits per heavy atom. The molecule has 0 heterocycles. The van der Waals surface area contributed by atoms with E-state index in [4.69, 9.17) is 4.18 Å². The zero-order valence-corrected chi connectivity index (χ0v) is 13.4. The summed E-state index contributed by atoms with van der Waals surface area (Å²) in [5, 5.41) is 0. The van der Waals surface area contributed by atoms with Gasteiger partial charge in [0.05, 0.1) is 11.0 Å². The van der Waals surface area contributed by atoms with Crippen LogP contribution in [0.25, 0.3) is 0 Å². The van der Waals surface area contributed by atoms with Crippen LogP contribution in [0.2, 0.25) is 0 Å². The van der Waals surface area contributed by atoms with Crippen LogP contribution in [0.3, 0.4) is 0 Å². The third-order valence-corrected chi connectivity index (χ3v) is 5.20. The summed E-state index contributed by atoms with van der Waals surface area (Å²) in [5.41, 5.74) is 1.14. The second-order valence-electron chi connectivity index (χ2n) is 6.58. The third kappa shape index (κ3) is 3.83. The number of benzene rings is 1. The lowest BCUT2D eigenvalue weighted by molar-refractivity contribution is 0.162. The Bertz CT molecular complexity index is 532. The second kappa shape index (κ2) is 5.86. The van der Waals surface area contributed by atoms with Crippen molar-refractivity contribution in [2.24, 2.45) is 0 Å². The highest BCUT2D eigenvalue weighted by Crippen LogP contribution is 2.27. The van der Waals surface area contributed by atoms with Crippen molar-refractivity contribution in [2.75, 3.05) is 0 Å². The first kappa shape index (κ1) is 15.5. The Morgan fingerprint density at radius 3 is 2.05 bits per heavy atom. The highest BCUT2D eigenvalue weighted by molar-refractivity contribution is 7.86. The molecule has 4 heteroatoms. The van der Waals surface area contributed by atoms with E-state index in [0.717, 1.165) is 31.2 Å². The molecule has 0 saturated heterocycles. The molecule has 3 nitrogen and oxygen atoms in total. The fourth-order valence-corrected chi connectivity index (χ4v) is 3.65. The first-order chi connectivity index (χ1) is 9.29. The maximum absolute atomic E-state index is 12.2. The molecule has 112 valence electrons. The summed E-state index contributed by atoms with van der Waals surface area (Å²) < 4.78 is 29.8. The van der Waals surface area contributed by atoms with Crippen molar-refractivity contribution in [3.63, 3.8) is 0 Å². The van der Waals surface area contributed by atoms with Gasteiger partial charge in [-0.25, -0.2) is 0 Å². The average molecular weight is 296 g/mol. The van der Waals surface area contributed by atoms with Crippen LogP contribution in [0.5, 0.6) is 0 Å². The monoisotopic (exact) mass is 296 g/mol. The van der Waals surface area contributed by atoms with Gasteiger partial charge in [0, 0.05) is 0 Å². The van der Waals surface area contributed by atoms with Crippen LogP contribution in [0.4, 0.5) is 0 Å². The minimum atomic E-state index is -3.62. The molecule has 0 atom stereocenters. The van der Waals surface area contributed by atoms with Crippen molar-refractivity contribution in [1.82, 2.24) is 0 Å². The van der Waals surface area contributed by atoms with Crippen molar-refractivity contribution in [1.29, 1.82) is 0 Å². The molecule has 2 rings (SSSR count). The molecule has 0 bridgehead atoms. The Morgan fingerprint density at radius 1 is 1.00 bits per heavy atom. The molecule has 0 amide bonds. The van der Waals surface area contributed by atoms with Gasteiger partial charge in [-0.3, -0.25) is 4.18 Å². The van der Waals surface area contributed by atoms with Crippen LogP contribution < -0.4 is 0 Å². The average Bonchev–Trinajstić information content (AvgIpc) is 2.38. The predicted molar refractivity (Wildman–Crippen MR) is 80.3 cm³/mol. The normalized spacial score (nSPS) is 18.1. The molecular formula is C16H24O3S. The van der Waals surface area contributed by atoms with Crippen LogP contribution in [0, 0.1) is 0 Å². The second-order valence-corrected chi connectivity index (χ2v) is 8.16. The summed E-state index contributed by atoms with van der Waals surface area (Å²) in [6.45, 7) is 6.32. The van der Waals surface area contributed by atoms with E-state index >= 15 is 0 Å². The molecule has 20 heavy (non-hydrogen) atoms. The molecule has 1 aliphatic carbocycles. The Labute approximate surface area is 122 Å². The summed E-state index contributed by atoms with van der Waals surface area (Å²) in [6, 6.07) is 7.05. The molecule has 1 saturated carbocycles. The van der Waals surface area contributed by atoms with Gasteiger partial charge in [0.1, 0.15) is 0 Å². The van der Waals surface area contributed by atoms with Crippen LogP contribution in [0.1, 0.15) is 58.4 Å². The maximum Gasteiger partial charge on any atom is 0.297 e. The zero-order chi connectivity index (χ0) is 14.8. The van der Waals surface area contributed by atoms with E-state index in [1.807, 2.05) is 12.1 Å². The minimum absolute atomic E-state index is 0.0204. The van der Waals surface area contributed by atoms with E-state index in [2.05, 4.69) is 20.8 Å². The smallest absolute Gasteiger partial charge is 0.263 e. The molecule has 0 unspecified atom stereocenters. The van der Waals surface area contributed by atoms with E-state index in [1.165, 1.54) is 6.42 Å². The van der Waals surface area contributed by atoms with Crippen molar-refractivity contribution in [3.05, 3.63) is 29.8 Å². The molecule has 0 spiro atoms. The standard InChI is InChI=1S/C16H24O3S/c1-16(2,3)13-9-11-15(12-10-13)20(17,18)19-14-7-5-4-6-8-14/h9-12,14H,4-8H2,1-3H3. The zero-order valence-electron chi connectivity index (χ0n) is 12.6. The summed E-state index contributed by atoms with van der Waals surface area (Å²) in [7, 11) is -3.62. The Balaban J connectivity index is 2.13. The number of rotatable bonds is 3. The lowest BCUT2D eigenvalue weighted by Crippen LogP contribution is -2.21. The van der Waals surface area contributed by atoms with Crippen molar-refractivity contribution in [3.8, 4) is 0 Å². The van der Waals surface area contributed by atoms with Gasteiger partial charge in [0.15, 0.2) is 0 Å². The predicted octanol–water partition coefficient (Wildman–Crippen LogP) is 4.02. The van der Waals surface area contributed by atoms with Crippen molar-refractivity contribution < 1.29 is 12.6 Å². The number of hydrogen-bond acceptors (Lipinski definition) is 3. The summed E-state index contributed by atoms with van der Waals surface area (Å²) >= 11 is 0. The van der Waals surface area contributed by atoms with Gasteiger partial charge in [-0.05, 0) is 36.0 Å². The fourth-order valence-electron chi connectivity index (χ4n) is 2.52. The Hall–Kier alpha value is -0.870. The maximum atomic E-state index is 12.2. The molecule has 0 aromatic heterocycles. The van der Waals surface area contributed by atoms with E-state index in [0.29, 0.717) is 0 Å². The summed E-state index contributed by atoms with van der Waals surface area (Å²) in [6.07, 6.45) is 4.85. The molecule has 1 aliphatic rings. The highest BCUT2D eigenvalue weighted by atomic mass is 32.2. The van der Waals surface area contributed by atoms with E-state index in [9.17, 15) is 8.42 Å². The topological polar surface area (TPSA) is 43.4 Å². The molecule has 0 aliphatic heterocycles. The summed E-state index contributed by atoms with van der Waals surface area (Å²) in [4.78, 5) is 0.260. The van der Waals surface area contributed by atoms with E-state index < -0.39 is 10.1 Å². The van der Waals surface area contributed by atoms with Crippen LogP contribution >= 0.6 is 0 Å². The first-order valence-corrected chi connectivity index (χ1v) is 8.74. The lowest BCUT2D eigenvalue weighted by Gasteiger charge is -2.22. The minimum Gasteiger partial charge on any atom is -0.263 e. The van der Waals surface area contributed by atoms with Crippen LogP contribution in [0.15, 0.2) is 29.2 Å². The molecule has 1 aromatic carbocycles. The van der Waals surface area contributed by atoms with Gasteiger partial charge in [-0.15, -0.1) is 0 Å². The van der Waals surface area contributed by atoms with Crippen molar-refractivity contribution >= 4 is 10.1 Å². The highest BCUT2D eigenvalue weighted by Gasteiger charge is 2.24. The molecule has 0 N–H and O–H groups in total. The Kier molecular flexibility index (Phi) is 4.55.